The fourth-order valence-corrected chi connectivity index (χ4v) is 0.827. The molecular formula is C8H12N4. The van der Waals surface area contributed by atoms with Crippen molar-refractivity contribution in [2.75, 3.05) is 0 Å². The highest BCUT2D eigenvalue weighted by atomic mass is 14.9. The Bertz CT molecular complexity index is 255. The van der Waals surface area contributed by atoms with Gasteiger partial charge in [-0.05, 0) is 6.42 Å². The standard InChI is InChI=1S/C8H12N4/c1-2-3-8(9)12-7-4-10-6-11-5-7/h4-6H,2-3H2,1H3,(H2,9,12). The third-order valence-corrected chi connectivity index (χ3v) is 1.33. The van der Waals surface area contributed by atoms with Crippen LogP contribution in [0.5, 0.6) is 0 Å². The Labute approximate surface area is 71.6 Å². The Balaban J connectivity index is 2.67. The van der Waals surface area contributed by atoms with Crippen molar-refractivity contribution in [3.8, 4) is 0 Å². The van der Waals surface area contributed by atoms with Gasteiger partial charge in [-0.1, -0.05) is 6.92 Å². The molecule has 0 spiro atoms. The van der Waals surface area contributed by atoms with Crippen LogP contribution < -0.4 is 5.73 Å². The van der Waals surface area contributed by atoms with E-state index in [1.807, 2.05) is 0 Å². The molecule has 0 fully saturated rings. The number of nitrogens with two attached hydrogens (primary N) is 1. The predicted octanol–water partition coefficient (Wildman–Crippen LogP) is 1.27. The molecule has 0 radical (unpaired) electrons. The number of aromatic nitrogens is 2. The normalized spacial score (nSPS) is 11.6. The minimum Gasteiger partial charge on any atom is -0.387 e. The van der Waals surface area contributed by atoms with Crippen molar-refractivity contribution in [2.24, 2.45) is 10.7 Å². The molecule has 0 unspecified atom stereocenters. The highest BCUT2D eigenvalue weighted by Crippen LogP contribution is 2.06. The van der Waals surface area contributed by atoms with Crippen LogP contribution in [-0.2, 0) is 0 Å². The lowest BCUT2D eigenvalue weighted by atomic mass is 10.3. The lowest BCUT2D eigenvalue weighted by molar-refractivity contribution is 0.982. The number of aliphatic imine (C=N–C) groups is 1. The number of nitrogens with zero attached hydrogens (tertiary/aromatic N) is 3. The smallest absolute Gasteiger partial charge is 0.115 e. The summed E-state index contributed by atoms with van der Waals surface area (Å²) < 4.78 is 0. The Morgan fingerprint density at radius 1 is 1.50 bits per heavy atom. The van der Waals surface area contributed by atoms with E-state index in [0.717, 1.165) is 12.8 Å². The molecule has 0 aromatic carbocycles. The van der Waals surface area contributed by atoms with Crippen LogP contribution in [0.2, 0.25) is 0 Å². The first kappa shape index (κ1) is 8.64. The van der Waals surface area contributed by atoms with Gasteiger partial charge in [0.1, 0.15) is 12.0 Å². The lowest BCUT2D eigenvalue weighted by Gasteiger charge is -1.96. The van der Waals surface area contributed by atoms with Gasteiger partial charge in [0, 0.05) is 6.42 Å². The molecule has 0 saturated heterocycles. The van der Waals surface area contributed by atoms with Gasteiger partial charge in [0.2, 0.25) is 0 Å². The molecule has 4 nitrogen and oxygen atoms in total. The number of amidine groups is 1. The topological polar surface area (TPSA) is 64.2 Å². The number of hydrogen-bond donors (Lipinski definition) is 1. The first-order chi connectivity index (χ1) is 5.83. The molecule has 0 bridgehead atoms. The van der Waals surface area contributed by atoms with Gasteiger partial charge in [-0.2, -0.15) is 0 Å². The van der Waals surface area contributed by atoms with Crippen LogP contribution in [0.1, 0.15) is 19.8 Å². The van der Waals surface area contributed by atoms with E-state index in [-0.39, 0.29) is 0 Å². The Kier molecular flexibility index (Phi) is 3.19. The molecule has 1 rings (SSSR count). The van der Waals surface area contributed by atoms with Crippen LogP contribution >= 0.6 is 0 Å². The van der Waals surface area contributed by atoms with Crippen molar-refractivity contribution >= 4 is 11.5 Å². The van der Waals surface area contributed by atoms with E-state index in [9.17, 15) is 0 Å². The highest BCUT2D eigenvalue weighted by molar-refractivity contribution is 5.82. The van der Waals surface area contributed by atoms with Crippen LogP contribution in [0, 0.1) is 0 Å². The molecule has 0 aliphatic carbocycles. The maximum Gasteiger partial charge on any atom is 0.115 e. The quantitative estimate of drug-likeness (QED) is 0.540. The van der Waals surface area contributed by atoms with Crippen LogP contribution in [-0.4, -0.2) is 15.8 Å². The van der Waals surface area contributed by atoms with Crippen molar-refractivity contribution in [3.05, 3.63) is 18.7 Å². The van der Waals surface area contributed by atoms with E-state index >= 15 is 0 Å². The fourth-order valence-electron chi connectivity index (χ4n) is 0.827. The molecule has 0 atom stereocenters. The lowest BCUT2D eigenvalue weighted by Crippen LogP contribution is -2.09. The van der Waals surface area contributed by atoms with Crippen LogP contribution in [0.3, 0.4) is 0 Å². The van der Waals surface area contributed by atoms with Gasteiger partial charge in [0.15, 0.2) is 0 Å². The van der Waals surface area contributed by atoms with Crippen molar-refractivity contribution in [2.45, 2.75) is 19.8 Å². The number of rotatable bonds is 3. The van der Waals surface area contributed by atoms with E-state index in [1.54, 1.807) is 12.4 Å². The molecular weight excluding hydrogens is 152 g/mol. The second-order valence-electron chi connectivity index (χ2n) is 2.45. The minimum atomic E-state index is 0.632. The predicted molar refractivity (Wildman–Crippen MR) is 48.2 cm³/mol. The summed E-state index contributed by atoms with van der Waals surface area (Å²) in [6.45, 7) is 2.06. The molecule has 64 valence electrons. The maximum absolute atomic E-state index is 5.61. The molecule has 2 N–H and O–H groups in total. The number of hydrogen-bond acceptors (Lipinski definition) is 3. The maximum atomic E-state index is 5.61. The third kappa shape index (κ3) is 2.65. The first-order valence-corrected chi connectivity index (χ1v) is 3.91. The monoisotopic (exact) mass is 164 g/mol. The summed E-state index contributed by atoms with van der Waals surface area (Å²) in [7, 11) is 0. The highest BCUT2D eigenvalue weighted by Gasteiger charge is 1.91. The molecule has 1 aromatic heterocycles. The van der Waals surface area contributed by atoms with Gasteiger partial charge in [-0.15, -0.1) is 0 Å². The molecule has 0 aliphatic heterocycles. The second-order valence-corrected chi connectivity index (χ2v) is 2.45. The van der Waals surface area contributed by atoms with E-state index in [2.05, 4.69) is 21.9 Å². The molecule has 0 saturated carbocycles. The first-order valence-electron chi connectivity index (χ1n) is 3.91. The minimum absolute atomic E-state index is 0.632. The van der Waals surface area contributed by atoms with E-state index in [4.69, 9.17) is 5.73 Å². The summed E-state index contributed by atoms with van der Waals surface area (Å²) in [4.78, 5) is 11.8. The summed E-state index contributed by atoms with van der Waals surface area (Å²) in [6, 6.07) is 0. The van der Waals surface area contributed by atoms with Crippen LogP contribution in [0.15, 0.2) is 23.7 Å². The average molecular weight is 164 g/mol. The van der Waals surface area contributed by atoms with Gasteiger partial charge in [0.25, 0.3) is 0 Å². The van der Waals surface area contributed by atoms with E-state index in [0.29, 0.717) is 11.5 Å². The average Bonchev–Trinajstić information content (AvgIpc) is 2.06. The van der Waals surface area contributed by atoms with Gasteiger partial charge >= 0.3 is 0 Å². The van der Waals surface area contributed by atoms with E-state index in [1.165, 1.54) is 6.33 Å². The molecule has 1 aromatic rings. The zero-order valence-electron chi connectivity index (χ0n) is 7.07. The third-order valence-electron chi connectivity index (χ3n) is 1.33. The summed E-state index contributed by atoms with van der Waals surface area (Å²) >= 11 is 0. The van der Waals surface area contributed by atoms with Gasteiger partial charge in [-0.25, -0.2) is 15.0 Å². The summed E-state index contributed by atoms with van der Waals surface area (Å²) in [5.74, 6) is 0.632. The molecule has 0 aliphatic rings. The van der Waals surface area contributed by atoms with Crippen molar-refractivity contribution < 1.29 is 0 Å². The molecule has 0 amide bonds. The van der Waals surface area contributed by atoms with Crippen LogP contribution in [0.25, 0.3) is 0 Å². The van der Waals surface area contributed by atoms with E-state index < -0.39 is 0 Å². The van der Waals surface area contributed by atoms with Gasteiger partial charge in [0.05, 0.1) is 18.2 Å². The zero-order chi connectivity index (χ0) is 8.81. The Hall–Kier alpha value is -1.45. The molecule has 4 heteroatoms. The summed E-state index contributed by atoms with van der Waals surface area (Å²) in [5, 5.41) is 0. The fraction of sp³-hybridized carbons (Fsp3) is 0.375. The van der Waals surface area contributed by atoms with Crippen LogP contribution in [0.4, 0.5) is 5.69 Å². The second kappa shape index (κ2) is 4.43. The summed E-state index contributed by atoms with van der Waals surface area (Å²) in [5.41, 5.74) is 6.32. The van der Waals surface area contributed by atoms with Gasteiger partial charge in [-0.3, -0.25) is 0 Å². The van der Waals surface area contributed by atoms with Gasteiger partial charge < -0.3 is 5.73 Å². The van der Waals surface area contributed by atoms with Crippen molar-refractivity contribution in [3.63, 3.8) is 0 Å². The SMILES string of the molecule is CCCC(N)=Nc1cncnc1. The van der Waals surface area contributed by atoms with Crippen molar-refractivity contribution in [1.29, 1.82) is 0 Å². The largest absolute Gasteiger partial charge is 0.387 e. The van der Waals surface area contributed by atoms with Crippen molar-refractivity contribution in [1.82, 2.24) is 9.97 Å². The summed E-state index contributed by atoms with van der Waals surface area (Å²) in [6.07, 6.45) is 6.55. The Morgan fingerprint density at radius 3 is 2.75 bits per heavy atom. The molecule has 12 heavy (non-hydrogen) atoms. The Morgan fingerprint density at radius 2 is 2.17 bits per heavy atom. The molecule has 1 heterocycles. The zero-order valence-corrected chi connectivity index (χ0v) is 7.07.